The van der Waals surface area contributed by atoms with Crippen molar-refractivity contribution in [3.8, 4) is 5.75 Å². The minimum Gasteiger partial charge on any atom is -0.494 e. The SMILES string of the molecule is CC(CCOc1ccccc1)C(=O)NC1CCC(N)CC1.Cl. The third-order valence-electron chi connectivity index (χ3n) is 4.13. The highest BCUT2D eigenvalue weighted by molar-refractivity contribution is 5.85. The predicted molar refractivity (Wildman–Crippen MR) is 91.3 cm³/mol. The number of amides is 1. The Hall–Kier alpha value is -1.26. The number of nitrogens with one attached hydrogen (secondary N) is 1. The van der Waals surface area contributed by atoms with Gasteiger partial charge in [0, 0.05) is 18.0 Å². The van der Waals surface area contributed by atoms with Crippen molar-refractivity contribution in [3.05, 3.63) is 30.3 Å². The Balaban J connectivity index is 0.00000242. The van der Waals surface area contributed by atoms with Crippen LogP contribution in [-0.2, 0) is 4.79 Å². The number of hydrogen-bond acceptors (Lipinski definition) is 3. The van der Waals surface area contributed by atoms with Gasteiger partial charge in [0.05, 0.1) is 6.61 Å². The van der Waals surface area contributed by atoms with E-state index in [4.69, 9.17) is 10.5 Å². The zero-order chi connectivity index (χ0) is 15.1. The average Bonchev–Trinajstić information content (AvgIpc) is 2.50. The van der Waals surface area contributed by atoms with Gasteiger partial charge >= 0.3 is 0 Å². The normalized spacial score (nSPS) is 22.3. The summed E-state index contributed by atoms with van der Waals surface area (Å²) in [5.74, 6) is 0.961. The van der Waals surface area contributed by atoms with Crippen LogP contribution in [0.2, 0.25) is 0 Å². The first-order valence-corrected chi connectivity index (χ1v) is 7.89. The van der Waals surface area contributed by atoms with Gasteiger partial charge < -0.3 is 15.8 Å². The van der Waals surface area contributed by atoms with Crippen molar-refractivity contribution in [1.82, 2.24) is 5.32 Å². The number of benzene rings is 1. The van der Waals surface area contributed by atoms with Crippen LogP contribution in [0.3, 0.4) is 0 Å². The largest absolute Gasteiger partial charge is 0.494 e. The Labute approximate surface area is 139 Å². The van der Waals surface area contributed by atoms with Crippen LogP contribution in [0.15, 0.2) is 30.3 Å². The van der Waals surface area contributed by atoms with Gasteiger partial charge in [0.2, 0.25) is 5.91 Å². The molecule has 0 aromatic heterocycles. The maximum Gasteiger partial charge on any atom is 0.223 e. The summed E-state index contributed by atoms with van der Waals surface area (Å²) in [4.78, 5) is 12.1. The van der Waals surface area contributed by atoms with E-state index in [0.29, 0.717) is 18.7 Å². The summed E-state index contributed by atoms with van der Waals surface area (Å²) in [7, 11) is 0. The molecule has 4 nitrogen and oxygen atoms in total. The molecular weight excluding hydrogens is 300 g/mol. The molecule has 2 rings (SSSR count). The Morgan fingerprint density at radius 3 is 2.55 bits per heavy atom. The lowest BCUT2D eigenvalue weighted by molar-refractivity contribution is -0.125. The van der Waals surface area contributed by atoms with E-state index in [1.165, 1.54) is 0 Å². The van der Waals surface area contributed by atoms with Crippen LogP contribution in [0.25, 0.3) is 0 Å². The van der Waals surface area contributed by atoms with E-state index in [-0.39, 0.29) is 24.2 Å². The second-order valence-electron chi connectivity index (χ2n) is 5.97. The summed E-state index contributed by atoms with van der Waals surface area (Å²) in [5.41, 5.74) is 5.88. The van der Waals surface area contributed by atoms with Crippen molar-refractivity contribution < 1.29 is 9.53 Å². The molecule has 1 amide bonds. The summed E-state index contributed by atoms with van der Waals surface area (Å²) in [5, 5.41) is 3.14. The van der Waals surface area contributed by atoms with Gasteiger partial charge in [-0.2, -0.15) is 0 Å². The predicted octanol–water partition coefficient (Wildman–Crippen LogP) is 2.90. The molecule has 1 unspecified atom stereocenters. The molecule has 3 N–H and O–H groups in total. The number of rotatable bonds is 6. The molecule has 1 aliphatic rings. The zero-order valence-corrected chi connectivity index (χ0v) is 14.0. The van der Waals surface area contributed by atoms with Crippen LogP contribution in [0, 0.1) is 5.92 Å². The fourth-order valence-corrected chi connectivity index (χ4v) is 2.61. The number of para-hydroxylation sites is 1. The van der Waals surface area contributed by atoms with Crippen molar-refractivity contribution >= 4 is 18.3 Å². The van der Waals surface area contributed by atoms with Crippen LogP contribution in [0.5, 0.6) is 5.75 Å². The minimum atomic E-state index is -0.0238. The molecule has 0 spiro atoms. The summed E-state index contributed by atoms with van der Waals surface area (Å²) < 4.78 is 5.63. The van der Waals surface area contributed by atoms with E-state index < -0.39 is 0 Å². The van der Waals surface area contributed by atoms with Gasteiger partial charge in [-0.25, -0.2) is 0 Å². The molecule has 1 aromatic rings. The third kappa shape index (κ3) is 6.24. The zero-order valence-electron chi connectivity index (χ0n) is 13.2. The second-order valence-corrected chi connectivity index (χ2v) is 5.97. The Morgan fingerprint density at radius 2 is 1.91 bits per heavy atom. The number of nitrogens with two attached hydrogens (primary N) is 1. The highest BCUT2D eigenvalue weighted by Gasteiger charge is 2.22. The Morgan fingerprint density at radius 1 is 1.27 bits per heavy atom. The van der Waals surface area contributed by atoms with Crippen molar-refractivity contribution in [2.75, 3.05) is 6.61 Å². The first-order chi connectivity index (χ1) is 10.1. The van der Waals surface area contributed by atoms with Crippen LogP contribution >= 0.6 is 12.4 Å². The van der Waals surface area contributed by atoms with E-state index in [1.54, 1.807) is 0 Å². The maximum atomic E-state index is 12.1. The minimum absolute atomic E-state index is 0. The number of carbonyl (C=O) groups excluding carboxylic acids is 1. The van der Waals surface area contributed by atoms with Gasteiger partial charge in [-0.15, -0.1) is 12.4 Å². The fraction of sp³-hybridized carbons (Fsp3) is 0.588. The van der Waals surface area contributed by atoms with E-state index in [0.717, 1.165) is 37.9 Å². The molecule has 0 bridgehead atoms. The van der Waals surface area contributed by atoms with Crippen LogP contribution < -0.4 is 15.8 Å². The molecule has 22 heavy (non-hydrogen) atoms. The van der Waals surface area contributed by atoms with Crippen molar-refractivity contribution in [3.63, 3.8) is 0 Å². The first kappa shape index (κ1) is 18.8. The smallest absolute Gasteiger partial charge is 0.223 e. The lowest BCUT2D eigenvalue weighted by atomic mass is 9.91. The summed E-state index contributed by atoms with van der Waals surface area (Å²) in [6.07, 6.45) is 4.75. The maximum absolute atomic E-state index is 12.1. The number of hydrogen-bond donors (Lipinski definition) is 2. The Bertz CT molecular complexity index is 434. The Kier molecular flexibility index (Phi) is 8.28. The molecule has 0 heterocycles. The number of ether oxygens (including phenoxy) is 1. The van der Waals surface area contributed by atoms with Crippen molar-refractivity contribution in [2.24, 2.45) is 11.7 Å². The topological polar surface area (TPSA) is 64.3 Å². The van der Waals surface area contributed by atoms with E-state index in [1.807, 2.05) is 37.3 Å². The molecule has 5 heteroatoms. The lowest BCUT2D eigenvalue weighted by Gasteiger charge is -2.27. The molecule has 0 radical (unpaired) electrons. The van der Waals surface area contributed by atoms with Gasteiger partial charge in [0.25, 0.3) is 0 Å². The van der Waals surface area contributed by atoms with E-state index in [9.17, 15) is 4.79 Å². The van der Waals surface area contributed by atoms with Crippen LogP contribution in [0.4, 0.5) is 0 Å². The van der Waals surface area contributed by atoms with Crippen LogP contribution in [0.1, 0.15) is 39.0 Å². The molecule has 0 saturated heterocycles. The monoisotopic (exact) mass is 326 g/mol. The van der Waals surface area contributed by atoms with E-state index in [2.05, 4.69) is 5.32 Å². The number of halogens is 1. The van der Waals surface area contributed by atoms with Gasteiger partial charge in [-0.05, 0) is 44.2 Å². The molecule has 1 atom stereocenters. The molecule has 1 saturated carbocycles. The first-order valence-electron chi connectivity index (χ1n) is 7.89. The summed E-state index contributed by atoms with van der Waals surface area (Å²) in [6, 6.07) is 10.3. The highest BCUT2D eigenvalue weighted by Crippen LogP contribution is 2.18. The second kappa shape index (κ2) is 9.70. The molecule has 1 fully saturated rings. The van der Waals surface area contributed by atoms with Gasteiger partial charge in [-0.1, -0.05) is 25.1 Å². The molecule has 1 aromatic carbocycles. The third-order valence-corrected chi connectivity index (χ3v) is 4.13. The van der Waals surface area contributed by atoms with Gasteiger partial charge in [-0.3, -0.25) is 4.79 Å². The fourth-order valence-electron chi connectivity index (χ4n) is 2.61. The highest BCUT2D eigenvalue weighted by atomic mass is 35.5. The quantitative estimate of drug-likeness (QED) is 0.844. The standard InChI is InChI=1S/C17H26N2O2.ClH/c1-13(11-12-21-16-5-3-2-4-6-16)17(20)19-15-9-7-14(18)8-10-15;/h2-6,13-15H,7-12,18H2,1H3,(H,19,20);1H. The molecular formula is C17H27ClN2O2. The van der Waals surface area contributed by atoms with Gasteiger partial charge in [0.15, 0.2) is 0 Å². The average molecular weight is 327 g/mol. The van der Waals surface area contributed by atoms with Crippen molar-refractivity contribution in [1.29, 1.82) is 0 Å². The lowest BCUT2D eigenvalue weighted by Crippen LogP contribution is -2.42. The molecule has 124 valence electrons. The summed E-state index contributed by atoms with van der Waals surface area (Å²) >= 11 is 0. The van der Waals surface area contributed by atoms with Crippen molar-refractivity contribution in [2.45, 2.75) is 51.1 Å². The van der Waals surface area contributed by atoms with Gasteiger partial charge in [0.1, 0.15) is 5.75 Å². The number of carbonyl (C=O) groups is 1. The van der Waals surface area contributed by atoms with E-state index >= 15 is 0 Å². The molecule has 1 aliphatic carbocycles. The summed E-state index contributed by atoms with van der Waals surface area (Å²) in [6.45, 7) is 2.52. The van der Waals surface area contributed by atoms with Crippen LogP contribution in [-0.4, -0.2) is 24.6 Å². The molecule has 0 aliphatic heterocycles.